The number of hydrogen-bond donors (Lipinski definition) is 2. The maximum atomic E-state index is 3.30. The minimum absolute atomic E-state index is 0.790. The molecule has 1 aliphatic rings. The van der Waals surface area contributed by atoms with Gasteiger partial charge in [-0.15, -0.1) is 0 Å². The first-order valence-electron chi connectivity index (χ1n) is 3.21. The quantitative estimate of drug-likeness (QED) is 0.477. The van der Waals surface area contributed by atoms with Crippen LogP contribution in [0.25, 0.3) is 0 Å². The van der Waals surface area contributed by atoms with Crippen molar-refractivity contribution in [3.8, 4) is 0 Å². The summed E-state index contributed by atoms with van der Waals surface area (Å²) in [5.74, 6) is 0. The smallest absolute Gasteiger partial charge is 0.0183 e. The Balaban J connectivity index is 2.00. The van der Waals surface area contributed by atoms with Crippen molar-refractivity contribution in [2.45, 2.75) is 19.3 Å². The van der Waals surface area contributed by atoms with Gasteiger partial charge >= 0.3 is 0 Å². The first-order chi connectivity index (χ1) is 4.00. The first kappa shape index (κ1) is 6.47. The van der Waals surface area contributed by atoms with Crippen molar-refractivity contribution in [1.82, 2.24) is 10.2 Å². The summed E-state index contributed by atoms with van der Waals surface area (Å²) in [4.78, 5) is 0. The standard InChI is InChI=1S/C5H13N2P/c1-2-4-6-8-7-5-3-1/h6-8H,1-5H2. The molecule has 2 N–H and O–H groups in total. The summed E-state index contributed by atoms with van der Waals surface area (Å²) in [6, 6.07) is 0. The molecule has 0 radical (unpaired) electrons. The SMILES string of the molecule is C1CCNPNCC1. The molecule has 1 saturated heterocycles. The zero-order valence-corrected chi connectivity index (χ0v) is 6.04. The largest absolute Gasteiger partial charge is 0.286 e. The summed E-state index contributed by atoms with van der Waals surface area (Å²) in [6.07, 6.45) is 4.09. The average molecular weight is 132 g/mol. The Labute approximate surface area is 52.3 Å². The highest BCUT2D eigenvalue weighted by Crippen LogP contribution is 2.03. The molecule has 1 rings (SSSR count). The molecule has 0 spiro atoms. The van der Waals surface area contributed by atoms with Crippen LogP contribution in [0.2, 0.25) is 0 Å². The Morgan fingerprint density at radius 1 is 0.875 bits per heavy atom. The second kappa shape index (κ2) is 4.25. The van der Waals surface area contributed by atoms with Crippen LogP contribution in [-0.4, -0.2) is 13.1 Å². The van der Waals surface area contributed by atoms with Crippen LogP contribution in [0.3, 0.4) is 0 Å². The van der Waals surface area contributed by atoms with Gasteiger partial charge in [0.1, 0.15) is 0 Å². The van der Waals surface area contributed by atoms with E-state index in [4.69, 9.17) is 0 Å². The van der Waals surface area contributed by atoms with Crippen molar-refractivity contribution in [3.63, 3.8) is 0 Å². The van der Waals surface area contributed by atoms with E-state index in [0.717, 1.165) is 8.88 Å². The topological polar surface area (TPSA) is 24.1 Å². The zero-order chi connectivity index (χ0) is 5.66. The van der Waals surface area contributed by atoms with Gasteiger partial charge in [-0.2, -0.15) is 0 Å². The molecule has 48 valence electrons. The minimum Gasteiger partial charge on any atom is -0.286 e. The van der Waals surface area contributed by atoms with Gasteiger partial charge in [-0.1, -0.05) is 6.42 Å². The predicted octanol–water partition coefficient (Wildman–Crippen LogP) is 0.858. The van der Waals surface area contributed by atoms with E-state index in [1.165, 1.54) is 32.4 Å². The van der Waals surface area contributed by atoms with Crippen molar-refractivity contribution >= 4 is 8.88 Å². The van der Waals surface area contributed by atoms with Gasteiger partial charge in [-0.25, -0.2) is 0 Å². The molecule has 0 aromatic rings. The van der Waals surface area contributed by atoms with Crippen LogP contribution in [0, 0.1) is 0 Å². The molecule has 0 aromatic heterocycles. The number of hydrogen-bond acceptors (Lipinski definition) is 2. The molecule has 0 aliphatic carbocycles. The van der Waals surface area contributed by atoms with Crippen LogP contribution in [0.15, 0.2) is 0 Å². The molecule has 1 aliphatic heterocycles. The molecule has 2 nitrogen and oxygen atoms in total. The van der Waals surface area contributed by atoms with Crippen molar-refractivity contribution in [2.24, 2.45) is 0 Å². The number of nitrogens with one attached hydrogen (secondary N) is 2. The molecule has 0 bridgehead atoms. The second-order valence-electron chi connectivity index (χ2n) is 2.04. The lowest BCUT2D eigenvalue weighted by Crippen LogP contribution is -2.16. The molecular formula is C5H13N2P. The molecule has 0 unspecified atom stereocenters. The molecule has 1 heterocycles. The van der Waals surface area contributed by atoms with Crippen LogP contribution < -0.4 is 10.2 Å². The molecule has 0 aromatic carbocycles. The Bertz CT molecular complexity index is 34.4. The van der Waals surface area contributed by atoms with Crippen molar-refractivity contribution < 1.29 is 0 Å². The van der Waals surface area contributed by atoms with Gasteiger partial charge in [-0.3, -0.25) is 10.2 Å². The van der Waals surface area contributed by atoms with E-state index in [0.29, 0.717) is 0 Å². The van der Waals surface area contributed by atoms with Gasteiger partial charge < -0.3 is 0 Å². The molecule has 0 amide bonds. The van der Waals surface area contributed by atoms with Gasteiger partial charge in [0.25, 0.3) is 0 Å². The number of rotatable bonds is 0. The van der Waals surface area contributed by atoms with E-state index < -0.39 is 0 Å². The van der Waals surface area contributed by atoms with Gasteiger partial charge in [-0.05, 0) is 25.9 Å². The normalized spacial score (nSPS) is 24.0. The fourth-order valence-corrected chi connectivity index (χ4v) is 1.52. The lowest BCUT2D eigenvalue weighted by atomic mass is 10.2. The Morgan fingerprint density at radius 2 is 1.50 bits per heavy atom. The molecule has 3 heteroatoms. The van der Waals surface area contributed by atoms with Gasteiger partial charge in [0.2, 0.25) is 0 Å². The summed E-state index contributed by atoms with van der Waals surface area (Å²) < 4.78 is 0. The third kappa shape index (κ3) is 2.61. The van der Waals surface area contributed by atoms with E-state index in [1.54, 1.807) is 0 Å². The predicted molar refractivity (Wildman–Crippen MR) is 38.2 cm³/mol. The molecule has 1 fully saturated rings. The van der Waals surface area contributed by atoms with Crippen LogP contribution in [-0.2, 0) is 0 Å². The highest BCUT2D eigenvalue weighted by atomic mass is 31.1. The fraction of sp³-hybridized carbons (Fsp3) is 1.00. The van der Waals surface area contributed by atoms with Gasteiger partial charge in [0.15, 0.2) is 0 Å². The fourth-order valence-electron chi connectivity index (χ4n) is 0.791. The minimum atomic E-state index is 0.790. The van der Waals surface area contributed by atoms with E-state index in [-0.39, 0.29) is 0 Å². The van der Waals surface area contributed by atoms with E-state index in [2.05, 4.69) is 10.2 Å². The lowest BCUT2D eigenvalue weighted by Gasteiger charge is -2.09. The summed E-state index contributed by atoms with van der Waals surface area (Å²) in [5, 5.41) is 6.61. The molecule has 0 atom stereocenters. The van der Waals surface area contributed by atoms with Gasteiger partial charge in [0.05, 0.1) is 0 Å². The van der Waals surface area contributed by atoms with Crippen LogP contribution in [0.5, 0.6) is 0 Å². The van der Waals surface area contributed by atoms with Crippen LogP contribution in [0.1, 0.15) is 19.3 Å². The second-order valence-corrected chi connectivity index (χ2v) is 3.00. The molecule has 8 heavy (non-hydrogen) atoms. The molecular weight excluding hydrogens is 119 g/mol. The maximum Gasteiger partial charge on any atom is 0.0183 e. The highest BCUT2D eigenvalue weighted by Gasteiger charge is 1.93. The monoisotopic (exact) mass is 132 g/mol. The Morgan fingerprint density at radius 3 is 2.12 bits per heavy atom. The lowest BCUT2D eigenvalue weighted by molar-refractivity contribution is 0.646. The highest BCUT2D eigenvalue weighted by molar-refractivity contribution is 7.33. The van der Waals surface area contributed by atoms with Crippen LogP contribution >= 0.6 is 8.88 Å². The Kier molecular flexibility index (Phi) is 3.44. The summed E-state index contributed by atoms with van der Waals surface area (Å²) in [6.45, 7) is 2.40. The maximum absolute atomic E-state index is 3.30. The summed E-state index contributed by atoms with van der Waals surface area (Å²) >= 11 is 0. The summed E-state index contributed by atoms with van der Waals surface area (Å²) in [5.41, 5.74) is 0. The van der Waals surface area contributed by atoms with Gasteiger partial charge in [0, 0.05) is 8.88 Å². The molecule has 0 saturated carbocycles. The van der Waals surface area contributed by atoms with Crippen LogP contribution in [0.4, 0.5) is 0 Å². The third-order valence-corrected chi connectivity index (χ3v) is 2.13. The van der Waals surface area contributed by atoms with Crippen molar-refractivity contribution in [3.05, 3.63) is 0 Å². The summed E-state index contributed by atoms with van der Waals surface area (Å²) in [7, 11) is 0.790. The van der Waals surface area contributed by atoms with Crippen molar-refractivity contribution in [2.75, 3.05) is 13.1 Å². The van der Waals surface area contributed by atoms with E-state index >= 15 is 0 Å². The third-order valence-electron chi connectivity index (χ3n) is 1.28. The van der Waals surface area contributed by atoms with E-state index in [9.17, 15) is 0 Å². The average Bonchev–Trinajstić information content (AvgIpc) is 1.62. The van der Waals surface area contributed by atoms with Crippen molar-refractivity contribution in [1.29, 1.82) is 0 Å². The zero-order valence-electron chi connectivity index (χ0n) is 5.04. The Hall–Kier alpha value is 0.350. The van der Waals surface area contributed by atoms with E-state index in [1.807, 2.05) is 0 Å². The first-order valence-corrected chi connectivity index (χ1v) is 4.21.